The van der Waals surface area contributed by atoms with Gasteiger partial charge >= 0.3 is 11.9 Å². The fourth-order valence-electron chi connectivity index (χ4n) is 5.50. The number of carboxylic acids is 2. The number of carboxylic acid groups (broad SMARTS) is 2. The second-order valence-electron chi connectivity index (χ2n) is 9.89. The molecule has 6 nitrogen and oxygen atoms in total. The van der Waals surface area contributed by atoms with Gasteiger partial charge in [-0.3, -0.25) is 0 Å². The van der Waals surface area contributed by atoms with Crippen LogP contribution in [0.4, 0.5) is 0 Å². The Morgan fingerprint density at radius 2 is 1.08 bits per heavy atom. The maximum absolute atomic E-state index is 12.1. The molecule has 0 heterocycles. The van der Waals surface area contributed by atoms with Crippen LogP contribution in [-0.2, 0) is 0 Å². The summed E-state index contributed by atoms with van der Waals surface area (Å²) in [6.07, 6.45) is 7.95. The van der Waals surface area contributed by atoms with Crippen LogP contribution in [0.5, 0.6) is 11.5 Å². The Morgan fingerprint density at radius 1 is 0.658 bits per heavy atom. The Morgan fingerprint density at radius 3 is 1.53 bits per heavy atom. The minimum Gasteiger partial charge on any atom is -0.507 e. The highest BCUT2D eigenvalue weighted by molar-refractivity contribution is 6.03. The lowest BCUT2D eigenvalue weighted by atomic mass is 9.79. The number of benzene rings is 4. The lowest BCUT2D eigenvalue weighted by Gasteiger charge is -2.25. The second kappa shape index (κ2) is 12.0. The zero-order chi connectivity index (χ0) is 27.2. The first-order valence-electron chi connectivity index (χ1n) is 13.3. The molecule has 0 aromatic heterocycles. The van der Waals surface area contributed by atoms with Crippen molar-refractivity contribution in [1.29, 1.82) is 0 Å². The predicted octanol–water partition coefficient (Wildman–Crippen LogP) is 8.07. The summed E-state index contributed by atoms with van der Waals surface area (Å²) in [7, 11) is 0. The van der Waals surface area contributed by atoms with Gasteiger partial charge in [-0.2, -0.15) is 0 Å². The zero-order valence-corrected chi connectivity index (χ0v) is 21.6. The predicted molar refractivity (Wildman–Crippen MR) is 150 cm³/mol. The fourth-order valence-corrected chi connectivity index (χ4v) is 5.50. The van der Waals surface area contributed by atoms with E-state index in [0.29, 0.717) is 39.1 Å². The lowest BCUT2D eigenvalue weighted by molar-refractivity contribution is 0.0682. The molecule has 4 aromatic rings. The summed E-state index contributed by atoms with van der Waals surface area (Å²) in [5, 5.41) is 45.1. The third kappa shape index (κ3) is 5.44. The second-order valence-corrected chi connectivity index (χ2v) is 9.89. The average Bonchev–Trinajstić information content (AvgIpc) is 2.90. The standard InChI is InChI=1S/C32H34O6/c1-2-3-4-5-6-7-8-17-24(27-22-15-11-9-13-20(22)18-25(29(27)33)31(35)36)28-23-16-12-10-14-21(23)19-26(30(28)34)32(37)38/h9-16,18-19,24,33-34H,2-8,17H2,1H3,(H,35,36)(H,37,38). The molecule has 0 atom stereocenters. The normalized spacial score (nSPS) is 11.4. The Labute approximate surface area is 222 Å². The number of unbranched alkanes of at least 4 members (excludes halogenated alkanes) is 6. The molecule has 38 heavy (non-hydrogen) atoms. The molecular weight excluding hydrogens is 480 g/mol. The van der Waals surface area contributed by atoms with Crippen LogP contribution in [0.3, 0.4) is 0 Å². The Bertz CT molecular complexity index is 1370. The van der Waals surface area contributed by atoms with E-state index < -0.39 is 17.9 Å². The maximum Gasteiger partial charge on any atom is 0.339 e. The first-order chi connectivity index (χ1) is 18.3. The van der Waals surface area contributed by atoms with Gasteiger partial charge in [0.25, 0.3) is 0 Å². The highest BCUT2D eigenvalue weighted by Gasteiger charge is 2.30. The van der Waals surface area contributed by atoms with Crippen molar-refractivity contribution in [2.75, 3.05) is 0 Å². The van der Waals surface area contributed by atoms with E-state index in [4.69, 9.17) is 0 Å². The molecule has 0 aliphatic heterocycles. The minimum atomic E-state index is -1.25. The van der Waals surface area contributed by atoms with Crippen molar-refractivity contribution in [1.82, 2.24) is 0 Å². The van der Waals surface area contributed by atoms with Crippen LogP contribution in [-0.4, -0.2) is 32.4 Å². The molecule has 0 bridgehead atoms. The molecular formula is C32H34O6. The van der Waals surface area contributed by atoms with Gasteiger partial charge in [0.2, 0.25) is 0 Å². The molecule has 0 saturated heterocycles. The van der Waals surface area contributed by atoms with E-state index in [2.05, 4.69) is 6.92 Å². The van der Waals surface area contributed by atoms with E-state index in [1.54, 1.807) is 24.3 Å². The monoisotopic (exact) mass is 514 g/mol. The quantitative estimate of drug-likeness (QED) is 0.142. The van der Waals surface area contributed by atoms with Crippen LogP contribution in [0.1, 0.15) is 96.1 Å². The molecule has 0 radical (unpaired) electrons. The van der Waals surface area contributed by atoms with Gasteiger partial charge in [0, 0.05) is 17.0 Å². The lowest BCUT2D eigenvalue weighted by Crippen LogP contribution is -2.10. The molecule has 4 N–H and O–H groups in total. The number of aromatic hydroxyl groups is 2. The van der Waals surface area contributed by atoms with Crippen LogP contribution < -0.4 is 0 Å². The van der Waals surface area contributed by atoms with Crippen LogP contribution in [0.25, 0.3) is 21.5 Å². The summed E-state index contributed by atoms with van der Waals surface area (Å²) < 4.78 is 0. The van der Waals surface area contributed by atoms with Crippen LogP contribution in [0.2, 0.25) is 0 Å². The number of hydrogen-bond donors (Lipinski definition) is 4. The van der Waals surface area contributed by atoms with Gasteiger partial charge in [-0.15, -0.1) is 0 Å². The van der Waals surface area contributed by atoms with Gasteiger partial charge in [0.15, 0.2) is 0 Å². The molecule has 6 heteroatoms. The zero-order valence-electron chi connectivity index (χ0n) is 21.6. The van der Waals surface area contributed by atoms with Crippen molar-refractivity contribution < 1.29 is 30.0 Å². The molecule has 198 valence electrons. The summed E-state index contributed by atoms with van der Waals surface area (Å²) >= 11 is 0. The number of hydrogen-bond acceptors (Lipinski definition) is 4. The van der Waals surface area contributed by atoms with Crippen molar-refractivity contribution in [3.05, 3.63) is 82.9 Å². The van der Waals surface area contributed by atoms with Gasteiger partial charge in [-0.25, -0.2) is 9.59 Å². The molecule has 4 aromatic carbocycles. The van der Waals surface area contributed by atoms with E-state index in [9.17, 15) is 30.0 Å². The average molecular weight is 515 g/mol. The van der Waals surface area contributed by atoms with Crippen molar-refractivity contribution >= 4 is 33.5 Å². The molecule has 0 amide bonds. The van der Waals surface area contributed by atoms with Crippen molar-refractivity contribution in [3.8, 4) is 11.5 Å². The van der Waals surface area contributed by atoms with Crippen molar-refractivity contribution in [2.45, 2.75) is 64.2 Å². The first-order valence-corrected chi connectivity index (χ1v) is 13.3. The molecule has 0 aliphatic rings. The van der Waals surface area contributed by atoms with E-state index in [1.807, 2.05) is 24.3 Å². The number of rotatable bonds is 12. The highest BCUT2D eigenvalue weighted by Crippen LogP contribution is 2.47. The van der Waals surface area contributed by atoms with Gasteiger partial charge in [0.05, 0.1) is 0 Å². The van der Waals surface area contributed by atoms with E-state index >= 15 is 0 Å². The third-order valence-electron chi connectivity index (χ3n) is 7.38. The molecule has 0 spiro atoms. The van der Waals surface area contributed by atoms with Gasteiger partial charge < -0.3 is 20.4 Å². The van der Waals surface area contributed by atoms with Crippen LogP contribution in [0, 0.1) is 0 Å². The number of carbonyl (C=O) groups is 2. The molecule has 0 saturated carbocycles. The highest BCUT2D eigenvalue weighted by atomic mass is 16.4. The Hall–Kier alpha value is -4.06. The summed E-state index contributed by atoms with van der Waals surface area (Å²) in [5.74, 6) is -3.84. The van der Waals surface area contributed by atoms with Crippen molar-refractivity contribution in [3.63, 3.8) is 0 Å². The van der Waals surface area contributed by atoms with Crippen LogP contribution >= 0.6 is 0 Å². The molecule has 0 aliphatic carbocycles. The number of fused-ring (bicyclic) bond motifs is 2. The maximum atomic E-state index is 12.1. The smallest absolute Gasteiger partial charge is 0.339 e. The molecule has 0 fully saturated rings. The number of aromatic carboxylic acids is 2. The van der Waals surface area contributed by atoms with E-state index in [1.165, 1.54) is 31.4 Å². The summed E-state index contributed by atoms with van der Waals surface area (Å²) in [4.78, 5) is 24.2. The summed E-state index contributed by atoms with van der Waals surface area (Å²) in [5.41, 5.74) is 0.354. The Kier molecular flexibility index (Phi) is 8.52. The van der Waals surface area contributed by atoms with Gasteiger partial charge in [-0.1, -0.05) is 100 Å². The summed E-state index contributed by atoms with van der Waals surface area (Å²) in [6.45, 7) is 2.18. The van der Waals surface area contributed by atoms with E-state index in [0.717, 1.165) is 25.7 Å². The van der Waals surface area contributed by atoms with Gasteiger partial charge in [0.1, 0.15) is 22.6 Å². The minimum absolute atomic E-state index is 0.221. The van der Waals surface area contributed by atoms with Crippen LogP contribution in [0.15, 0.2) is 60.7 Å². The topological polar surface area (TPSA) is 115 Å². The number of phenols is 2. The van der Waals surface area contributed by atoms with Gasteiger partial charge in [-0.05, 0) is 40.1 Å². The third-order valence-corrected chi connectivity index (χ3v) is 7.38. The van der Waals surface area contributed by atoms with Crippen molar-refractivity contribution in [2.24, 2.45) is 0 Å². The molecule has 4 rings (SSSR count). The molecule has 0 unspecified atom stereocenters. The Balaban J connectivity index is 1.93. The van der Waals surface area contributed by atoms with E-state index in [-0.39, 0.29) is 22.6 Å². The SMILES string of the molecule is CCCCCCCCCC(c1c(O)c(C(=O)O)cc2ccccc12)c1c(O)c(C(=O)O)cc2ccccc12. The largest absolute Gasteiger partial charge is 0.507 e. The first kappa shape index (κ1) is 27.0. The summed E-state index contributed by atoms with van der Waals surface area (Å²) in [6, 6.07) is 17.4. The fraction of sp³-hybridized carbons (Fsp3) is 0.312.